The molecular weight excluding hydrogens is 470 g/mol. The van der Waals surface area contributed by atoms with Gasteiger partial charge in [0.1, 0.15) is 12.4 Å². The molecular formula is C29H29N3O5. The highest BCUT2D eigenvalue weighted by Gasteiger charge is 2.34. The molecule has 1 aliphatic heterocycles. The van der Waals surface area contributed by atoms with Gasteiger partial charge >= 0.3 is 0 Å². The molecule has 0 bridgehead atoms. The van der Waals surface area contributed by atoms with Gasteiger partial charge in [0.05, 0.1) is 20.1 Å². The van der Waals surface area contributed by atoms with Crippen molar-refractivity contribution in [1.82, 2.24) is 15.0 Å². The lowest BCUT2D eigenvalue weighted by Crippen LogP contribution is -2.27. The molecule has 0 saturated carbocycles. The Hall–Kier alpha value is -4.33. The molecule has 2 heterocycles. The van der Waals surface area contributed by atoms with E-state index in [0.29, 0.717) is 55.8 Å². The van der Waals surface area contributed by atoms with Crippen LogP contribution in [0.3, 0.4) is 0 Å². The minimum Gasteiger partial charge on any atom is -0.493 e. The molecule has 1 unspecified atom stereocenters. The van der Waals surface area contributed by atoms with Crippen molar-refractivity contribution in [3.8, 4) is 28.6 Å². The molecule has 1 aliphatic rings. The second-order valence-corrected chi connectivity index (χ2v) is 8.94. The van der Waals surface area contributed by atoms with Crippen molar-refractivity contribution in [3.63, 3.8) is 0 Å². The number of ether oxygens (including phenoxy) is 3. The Balaban J connectivity index is 1.17. The van der Waals surface area contributed by atoms with Gasteiger partial charge in [0.2, 0.25) is 17.6 Å². The van der Waals surface area contributed by atoms with Crippen molar-refractivity contribution in [2.45, 2.75) is 25.4 Å². The normalized spacial score (nSPS) is 15.1. The maximum atomic E-state index is 12.7. The van der Waals surface area contributed by atoms with Crippen LogP contribution in [0.25, 0.3) is 11.4 Å². The summed E-state index contributed by atoms with van der Waals surface area (Å²) < 4.78 is 22.1. The number of hydrogen-bond acceptors (Lipinski definition) is 7. The summed E-state index contributed by atoms with van der Waals surface area (Å²) in [6, 6.07) is 23.4. The molecule has 0 N–H and O–H groups in total. The predicted octanol–water partition coefficient (Wildman–Crippen LogP) is 4.89. The molecule has 5 rings (SSSR count). The third-order valence-corrected chi connectivity index (χ3v) is 6.48. The number of carbonyl (C=O) groups excluding carboxylic acids is 1. The minimum absolute atomic E-state index is 0.0881. The molecule has 1 amide bonds. The average molecular weight is 500 g/mol. The molecule has 37 heavy (non-hydrogen) atoms. The van der Waals surface area contributed by atoms with E-state index in [1.807, 2.05) is 77.7 Å². The summed E-state index contributed by atoms with van der Waals surface area (Å²) in [4.78, 5) is 19.1. The Kier molecular flexibility index (Phi) is 7.35. The van der Waals surface area contributed by atoms with E-state index in [-0.39, 0.29) is 11.8 Å². The van der Waals surface area contributed by atoms with Gasteiger partial charge in [-0.05, 0) is 53.9 Å². The zero-order valence-electron chi connectivity index (χ0n) is 20.9. The number of rotatable bonds is 10. The lowest BCUT2D eigenvalue weighted by Gasteiger charge is -2.16. The molecule has 3 aromatic carbocycles. The number of methoxy groups -OCH3 is 2. The van der Waals surface area contributed by atoms with Crippen LogP contribution >= 0.6 is 0 Å². The van der Waals surface area contributed by atoms with Crippen LogP contribution in [0.15, 0.2) is 77.3 Å². The average Bonchev–Trinajstić information content (AvgIpc) is 3.58. The highest BCUT2D eigenvalue weighted by Crippen LogP contribution is 2.31. The third-order valence-electron chi connectivity index (χ3n) is 6.48. The van der Waals surface area contributed by atoms with Gasteiger partial charge in [0.25, 0.3) is 0 Å². The monoisotopic (exact) mass is 499 g/mol. The van der Waals surface area contributed by atoms with Crippen LogP contribution in [0.5, 0.6) is 17.2 Å². The number of hydrogen-bond donors (Lipinski definition) is 0. The second kappa shape index (κ2) is 11.2. The molecule has 190 valence electrons. The number of likely N-dealkylation sites (tertiary alicyclic amines) is 1. The first-order valence-corrected chi connectivity index (χ1v) is 12.2. The summed E-state index contributed by atoms with van der Waals surface area (Å²) in [5.74, 6) is 3.09. The molecule has 0 spiro atoms. The molecule has 1 atom stereocenters. The molecule has 1 saturated heterocycles. The van der Waals surface area contributed by atoms with E-state index in [2.05, 4.69) is 10.1 Å². The van der Waals surface area contributed by atoms with Crippen molar-refractivity contribution in [1.29, 1.82) is 0 Å². The minimum atomic E-state index is -0.118. The summed E-state index contributed by atoms with van der Waals surface area (Å²) in [7, 11) is 3.23. The summed E-state index contributed by atoms with van der Waals surface area (Å²) in [5.41, 5.74) is 3.01. The van der Waals surface area contributed by atoms with E-state index < -0.39 is 0 Å². The lowest BCUT2D eigenvalue weighted by atomic mass is 10.1. The first-order valence-electron chi connectivity index (χ1n) is 12.2. The van der Waals surface area contributed by atoms with Gasteiger partial charge in [-0.25, -0.2) is 0 Å². The summed E-state index contributed by atoms with van der Waals surface area (Å²) in [6.07, 6.45) is 1.08. The van der Waals surface area contributed by atoms with Gasteiger partial charge < -0.3 is 23.6 Å². The van der Waals surface area contributed by atoms with Gasteiger partial charge in [-0.15, -0.1) is 0 Å². The van der Waals surface area contributed by atoms with Gasteiger partial charge in [-0.3, -0.25) is 4.79 Å². The van der Waals surface area contributed by atoms with Gasteiger partial charge in [-0.2, -0.15) is 4.98 Å². The summed E-state index contributed by atoms with van der Waals surface area (Å²) in [5, 5.41) is 4.15. The smallest absolute Gasteiger partial charge is 0.232 e. The number of amides is 1. The van der Waals surface area contributed by atoms with Crippen molar-refractivity contribution < 1.29 is 23.5 Å². The third kappa shape index (κ3) is 5.74. The zero-order valence-corrected chi connectivity index (χ0v) is 20.9. The summed E-state index contributed by atoms with van der Waals surface area (Å²) >= 11 is 0. The van der Waals surface area contributed by atoms with E-state index in [0.717, 1.165) is 22.4 Å². The van der Waals surface area contributed by atoms with Crippen LogP contribution in [0.2, 0.25) is 0 Å². The number of nitrogens with zero attached hydrogens (tertiary/aromatic N) is 3. The van der Waals surface area contributed by atoms with Crippen LogP contribution in [0.1, 0.15) is 29.4 Å². The number of benzene rings is 3. The van der Waals surface area contributed by atoms with Crippen LogP contribution in [0, 0.1) is 0 Å². The van der Waals surface area contributed by atoms with Crippen molar-refractivity contribution in [2.24, 2.45) is 0 Å². The molecule has 1 fully saturated rings. The molecule has 4 aromatic rings. The van der Waals surface area contributed by atoms with Crippen molar-refractivity contribution in [2.75, 3.05) is 27.3 Å². The highest BCUT2D eigenvalue weighted by molar-refractivity contribution is 5.79. The van der Waals surface area contributed by atoms with E-state index in [9.17, 15) is 4.79 Å². The SMILES string of the molecule is COc1ccc(CCN2CC(c3nc(-c4ccc(OCc5ccccc5)cc4)no3)CC2=O)cc1OC. The standard InChI is InChI=1S/C29H29N3O5/c1-34-25-13-8-20(16-26(25)35-2)14-15-32-18-23(17-27(32)33)29-30-28(31-37-29)22-9-11-24(12-10-22)36-19-21-6-4-3-5-7-21/h3-13,16,23H,14-15,17-19H2,1-2H3. The Morgan fingerprint density at radius 1 is 0.946 bits per heavy atom. The van der Waals surface area contributed by atoms with Crippen molar-refractivity contribution >= 4 is 5.91 Å². The second-order valence-electron chi connectivity index (χ2n) is 8.94. The van der Waals surface area contributed by atoms with Crippen LogP contribution in [0.4, 0.5) is 0 Å². The van der Waals surface area contributed by atoms with Crippen LogP contribution < -0.4 is 14.2 Å². The van der Waals surface area contributed by atoms with Gasteiger partial charge in [-0.1, -0.05) is 41.6 Å². The maximum absolute atomic E-state index is 12.7. The summed E-state index contributed by atoms with van der Waals surface area (Å²) in [6.45, 7) is 1.67. The quantitative estimate of drug-likeness (QED) is 0.307. The van der Waals surface area contributed by atoms with E-state index in [1.165, 1.54) is 0 Å². The topological polar surface area (TPSA) is 86.9 Å². The van der Waals surface area contributed by atoms with E-state index in [1.54, 1.807) is 14.2 Å². The highest BCUT2D eigenvalue weighted by atomic mass is 16.5. The molecule has 1 aromatic heterocycles. The largest absolute Gasteiger partial charge is 0.493 e. The zero-order chi connectivity index (χ0) is 25.6. The van der Waals surface area contributed by atoms with E-state index in [4.69, 9.17) is 18.7 Å². The molecule has 8 heteroatoms. The number of aromatic nitrogens is 2. The molecule has 0 aliphatic carbocycles. The van der Waals surface area contributed by atoms with E-state index >= 15 is 0 Å². The molecule has 0 radical (unpaired) electrons. The molecule has 8 nitrogen and oxygen atoms in total. The fraction of sp³-hybridized carbons (Fsp3) is 0.276. The Labute approximate surface area is 215 Å². The Morgan fingerprint density at radius 3 is 2.49 bits per heavy atom. The van der Waals surface area contributed by atoms with Crippen LogP contribution in [-0.4, -0.2) is 48.3 Å². The fourth-order valence-corrected chi connectivity index (χ4v) is 4.41. The lowest BCUT2D eigenvalue weighted by molar-refractivity contribution is -0.127. The van der Waals surface area contributed by atoms with Gasteiger partial charge in [0.15, 0.2) is 11.5 Å². The Bertz CT molecular complexity index is 1340. The Morgan fingerprint density at radius 2 is 1.73 bits per heavy atom. The predicted molar refractivity (Wildman–Crippen MR) is 138 cm³/mol. The van der Waals surface area contributed by atoms with Crippen LogP contribution in [-0.2, 0) is 17.8 Å². The maximum Gasteiger partial charge on any atom is 0.232 e. The first-order chi connectivity index (χ1) is 18.1. The first kappa shape index (κ1) is 24.4. The van der Waals surface area contributed by atoms with Gasteiger partial charge in [0, 0.05) is 25.1 Å². The van der Waals surface area contributed by atoms with Crippen molar-refractivity contribution in [3.05, 3.63) is 89.8 Å². The number of carbonyl (C=O) groups is 1. The fourth-order valence-electron chi connectivity index (χ4n) is 4.41.